The van der Waals surface area contributed by atoms with Gasteiger partial charge in [0.25, 0.3) is 11.5 Å². The van der Waals surface area contributed by atoms with Crippen LogP contribution in [0.5, 0.6) is 5.75 Å². The number of benzene rings is 1. The van der Waals surface area contributed by atoms with Crippen LogP contribution in [-0.4, -0.2) is 73.9 Å². The van der Waals surface area contributed by atoms with Crippen LogP contribution in [0.1, 0.15) is 34.3 Å². The summed E-state index contributed by atoms with van der Waals surface area (Å²) in [5, 5.41) is 31.8. The summed E-state index contributed by atoms with van der Waals surface area (Å²) in [5.41, 5.74) is 0.437. The van der Waals surface area contributed by atoms with Gasteiger partial charge in [-0.1, -0.05) is 12.1 Å². The van der Waals surface area contributed by atoms with Crippen LogP contribution < -0.4 is 10.9 Å². The van der Waals surface area contributed by atoms with Crippen LogP contribution in [0.25, 0.3) is 11.0 Å². The second-order valence-corrected chi connectivity index (χ2v) is 8.71. The first kappa shape index (κ1) is 25.3. The molecule has 0 atom stereocenters. The van der Waals surface area contributed by atoms with Gasteiger partial charge in [-0.3, -0.25) is 19.4 Å². The van der Waals surface area contributed by atoms with Crippen molar-refractivity contribution in [2.75, 3.05) is 26.3 Å². The van der Waals surface area contributed by atoms with Crippen molar-refractivity contribution in [1.29, 1.82) is 0 Å². The fraction of sp³-hybridized carbons (Fsp3) is 0.360. The molecule has 0 bridgehead atoms. The second kappa shape index (κ2) is 10.8. The Bertz CT molecular complexity index is 1340. The van der Waals surface area contributed by atoms with Gasteiger partial charge in [-0.2, -0.15) is 0 Å². The Kier molecular flexibility index (Phi) is 7.61. The number of hydrogen-bond acceptors (Lipinski definition) is 7. The lowest BCUT2D eigenvalue weighted by atomic mass is 10.1. The lowest BCUT2D eigenvalue weighted by Gasteiger charge is -2.20. The zero-order valence-corrected chi connectivity index (χ0v) is 19.5. The van der Waals surface area contributed by atoms with E-state index in [1.165, 1.54) is 22.9 Å². The minimum Gasteiger partial charge on any atom is -0.505 e. The van der Waals surface area contributed by atoms with Crippen LogP contribution in [0, 0.1) is 5.82 Å². The molecule has 0 spiro atoms. The highest BCUT2D eigenvalue weighted by Gasteiger charge is 2.26. The zero-order chi connectivity index (χ0) is 25.8. The molecule has 3 aromatic rings. The Morgan fingerprint density at radius 3 is 2.47 bits per heavy atom. The summed E-state index contributed by atoms with van der Waals surface area (Å²) in [5.74, 6) is -1.96. The summed E-state index contributed by atoms with van der Waals surface area (Å²) in [6.07, 6.45) is 3.05. The van der Waals surface area contributed by atoms with Crippen molar-refractivity contribution in [1.82, 2.24) is 19.8 Å². The van der Waals surface area contributed by atoms with E-state index in [0.29, 0.717) is 24.9 Å². The van der Waals surface area contributed by atoms with E-state index in [9.17, 15) is 34.1 Å². The number of aromatic nitrogens is 2. The normalized spacial score (nSPS) is 13.7. The summed E-state index contributed by atoms with van der Waals surface area (Å²) < 4.78 is 14.6. The average Bonchev–Trinajstić information content (AvgIpc) is 3.28. The van der Waals surface area contributed by atoms with Gasteiger partial charge in [-0.15, -0.1) is 0 Å². The van der Waals surface area contributed by atoms with E-state index in [2.05, 4.69) is 10.3 Å². The third-order valence-electron chi connectivity index (χ3n) is 6.22. The molecule has 3 heterocycles. The Balaban J connectivity index is 1.78. The predicted molar refractivity (Wildman–Crippen MR) is 128 cm³/mol. The fourth-order valence-electron chi connectivity index (χ4n) is 4.28. The van der Waals surface area contributed by atoms with Gasteiger partial charge in [-0.25, -0.2) is 4.39 Å². The summed E-state index contributed by atoms with van der Waals surface area (Å²) in [4.78, 5) is 44.3. The van der Waals surface area contributed by atoms with Crippen molar-refractivity contribution >= 4 is 22.8 Å². The molecule has 1 aliphatic rings. The fourth-order valence-corrected chi connectivity index (χ4v) is 4.28. The quantitative estimate of drug-likeness (QED) is 0.337. The molecule has 0 aliphatic carbocycles. The molecule has 1 fully saturated rings. The molecule has 4 rings (SSSR count). The van der Waals surface area contributed by atoms with E-state index in [4.69, 9.17) is 0 Å². The zero-order valence-electron chi connectivity index (χ0n) is 19.5. The standard InChI is InChI=1S/C25H27FN4O6/c26-17-5-3-15(4-6-17)10-16-11-19-22(27-12-16)23(34)21(24(35)28-18(13-31)14-32)25(36)30(19)9-8-29-7-1-2-20(29)33/h3-6,11-12,18,31-32,34H,1-2,7-10,13-14H2,(H,28,35). The summed E-state index contributed by atoms with van der Waals surface area (Å²) in [6.45, 7) is -0.260. The van der Waals surface area contributed by atoms with Crippen molar-refractivity contribution < 1.29 is 29.3 Å². The number of carbonyl (C=O) groups excluding carboxylic acids is 2. The molecule has 1 aromatic carbocycles. The highest BCUT2D eigenvalue weighted by atomic mass is 19.1. The number of pyridine rings is 2. The first-order valence-electron chi connectivity index (χ1n) is 11.6. The summed E-state index contributed by atoms with van der Waals surface area (Å²) in [7, 11) is 0. The molecule has 0 unspecified atom stereocenters. The number of rotatable bonds is 9. The molecule has 10 nitrogen and oxygen atoms in total. The number of likely N-dealkylation sites (tertiary alicyclic amines) is 1. The number of aromatic hydroxyl groups is 1. The topological polar surface area (TPSA) is 145 Å². The van der Waals surface area contributed by atoms with Gasteiger partial charge in [0, 0.05) is 32.3 Å². The Morgan fingerprint density at radius 2 is 1.83 bits per heavy atom. The first-order valence-corrected chi connectivity index (χ1v) is 11.6. The SMILES string of the molecule is O=C(NC(CO)CO)c1c(O)c2ncc(Cc3ccc(F)cc3)cc2n(CCN2CCCC2=O)c1=O. The number of halogens is 1. The maximum Gasteiger partial charge on any atom is 0.267 e. The Hall–Kier alpha value is -3.83. The van der Waals surface area contributed by atoms with Crippen molar-refractivity contribution in [3.8, 4) is 5.75 Å². The van der Waals surface area contributed by atoms with E-state index in [-0.39, 0.29) is 35.8 Å². The predicted octanol–water partition coefficient (Wildman–Crippen LogP) is 0.537. The number of nitrogens with one attached hydrogen (secondary N) is 1. The monoisotopic (exact) mass is 498 g/mol. The molecular weight excluding hydrogens is 471 g/mol. The second-order valence-electron chi connectivity index (χ2n) is 8.71. The number of carbonyl (C=O) groups is 2. The van der Waals surface area contributed by atoms with Gasteiger partial charge in [0.2, 0.25) is 5.91 Å². The number of nitrogens with zero attached hydrogens (tertiary/aromatic N) is 3. The van der Waals surface area contributed by atoms with Gasteiger partial charge < -0.3 is 30.1 Å². The molecule has 4 N–H and O–H groups in total. The molecule has 2 amide bonds. The van der Waals surface area contributed by atoms with Crippen LogP contribution in [0.3, 0.4) is 0 Å². The largest absolute Gasteiger partial charge is 0.505 e. The third kappa shape index (κ3) is 5.21. The number of fused-ring (bicyclic) bond motifs is 1. The lowest BCUT2D eigenvalue weighted by molar-refractivity contribution is -0.127. The van der Waals surface area contributed by atoms with Crippen LogP contribution in [-0.2, 0) is 17.8 Å². The van der Waals surface area contributed by atoms with Crippen LogP contribution >= 0.6 is 0 Å². The van der Waals surface area contributed by atoms with Crippen LogP contribution in [0.4, 0.5) is 4.39 Å². The molecule has 1 saturated heterocycles. The number of hydrogen-bond donors (Lipinski definition) is 4. The minimum atomic E-state index is -1.02. The van der Waals surface area contributed by atoms with Crippen molar-refractivity contribution in [3.63, 3.8) is 0 Å². The van der Waals surface area contributed by atoms with Gasteiger partial charge in [0.05, 0.1) is 24.8 Å². The van der Waals surface area contributed by atoms with Crippen molar-refractivity contribution in [2.24, 2.45) is 0 Å². The average molecular weight is 499 g/mol. The molecule has 0 saturated carbocycles. The van der Waals surface area contributed by atoms with Crippen LogP contribution in [0.15, 0.2) is 41.3 Å². The van der Waals surface area contributed by atoms with Crippen molar-refractivity contribution in [3.05, 3.63) is 69.4 Å². The summed E-state index contributed by atoms with van der Waals surface area (Å²) in [6, 6.07) is 6.61. The molecule has 11 heteroatoms. The van der Waals surface area contributed by atoms with E-state index in [0.717, 1.165) is 12.0 Å². The van der Waals surface area contributed by atoms with E-state index in [1.54, 1.807) is 23.1 Å². The Labute approximate surface area is 205 Å². The first-order chi connectivity index (χ1) is 17.3. The molecule has 2 aromatic heterocycles. The van der Waals surface area contributed by atoms with Gasteiger partial charge in [0.15, 0.2) is 5.75 Å². The summed E-state index contributed by atoms with van der Waals surface area (Å²) >= 11 is 0. The number of aliphatic hydroxyl groups is 2. The minimum absolute atomic E-state index is 0.0138. The Morgan fingerprint density at radius 1 is 1.11 bits per heavy atom. The van der Waals surface area contributed by atoms with Crippen molar-refractivity contribution in [2.45, 2.75) is 31.8 Å². The molecule has 36 heavy (non-hydrogen) atoms. The van der Waals surface area contributed by atoms with E-state index < -0.39 is 42.0 Å². The smallest absolute Gasteiger partial charge is 0.267 e. The van der Waals surface area contributed by atoms with Gasteiger partial charge in [0.1, 0.15) is 16.9 Å². The molecule has 0 radical (unpaired) electrons. The highest BCUT2D eigenvalue weighted by Crippen LogP contribution is 2.26. The maximum absolute atomic E-state index is 13.4. The number of aliphatic hydroxyl groups excluding tert-OH is 2. The van der Waals surface area contributed by atoms with Crippen LogP contribution in [0.2, 0.25) is 0 Å². The van der Waals surface area contributed by atoms with E-state index >= 15 is 0 Å². The highest BCUT2D eigenvalue weighted by molar-refractivity contribution is 6.01. The van der Waals surface area contributed by atoms with E-state index in [1.807, 2.05) is 0 Å². The number of amides is 2. The molecule has 1 aliphatic heterocycles. The van der Waals surface area contributed by atoms with Gasteiger partial charge in [-0.05, 0) is 42.2 Å². The third-order valence-corrected chi connectivity index (χ3v) is 6.22. The molecular formula is C25H27FN4O6. The maximum atomic E-state index is 13.4. The lowest BCUT2D eigenvalue weighted by Crippen LogP contribution is -2.43. The van der Waals surface area contributed by atoms with Gasteiger partial charge >= 0.3 is 0 Å². The molecule has 190 valence electrons.